The van der Waals surface area contributed by atoms with Gasteiger partial charge in [0.05, 0.1) is 11.9 Å². The lowest BCUT2D eigenvalue weighted by Gasteiger charge is -2.13. The Kier molecular flexibility index (Phi) is 6.48. The molecular formula is C13H22ClN5O2. The number of hydrogen-bond acceptors (Lipinski definition) is 4. The summed E-state index contributed by atoms with van der Waals surface area (Å²) in [6, 6.07) is -0.173. The van der Waals surface area contributed by atoms with E-state index in [1.807, 2.05) is 13.8 Å². The van der Waals surface area contributed by atoms with Crippen LogP contribution in [-0.2, 0) is 6.54 Å². The number of carbonyl (C=O) groups excluding carboxylic acids is 1. The summed E-state index contributed by atoms with van der Waals surface area (Å²) in [5, 5.41) is 9.89. The lowest BCUT2D eigenvalue weighted by atomic mass is 10.2. The number of rotatable bonds is 6. The molecule has 0 aromatic carbocycles. The first kappa shape index (κ1) is 17.3. The summed E-state index contributed by atoms with van der Waals surface area (Å²) in [6.45, 7) is 5.40. The van der Waals surface area contributed by atoms with Gasteiger partial charge < -0.3 is 15.5 Å². The largest absolute Gasteiger partial charge is 0.381 e. The molecule has 0 spiro atoms. The van der Waals surface area contributed by atoms with E-state index in [1.165, 1.54) is 15.8 Å². The minimum Gasteiger partial charge on any atom is -0.381 e. The molecule has 0 aliphatic heterocycles. The highest BCUT2D eigenvalue weighted by Gasteiger charge is 2.10. The van der Waals surface area contributed by atoms with Crippen LogP contribution in [0.5, 0.6) is 0 Å². The second-order valence-electron chi connectivity index (χ2n) is 5.31. The molecule has 0 fully saturated rings. The summed E-state index contributed by atoms with van der Waals surface area (Å²) < 4.78 is 1.35. The van der Waals surface area contributed by atoms with Crippen LogP contribution in [0.25, 0.3) is 0 Å². The summed E-state index contributed by atoms with van der Waals surface area (Å²) in [5.74, 6) is 0.311. The highest BCUT2D eigenvalue weighted by Crippen LogP contribution is 2.14. The standard InChI is InChI=1S/C13H22ClN5O2/c1-9(2)8-19-12(20)11(14)10(7-17-19)15-5-6-16-13(21)18(3)4/h7,9,15H,5-6,8H2,1-4H3,(H,16,21). The van der Waals surface area contributed by atoms with Gasteiger partial charge in [0.15, 0.2) is 0 Å². The minimum absolute atomic E-state index is 0.115. The molecule has 0 radical (unpaired) electrons. The molecule has 0 aliphatic rings. The zero-order valence-corrected chi connectivity index (χ0v) is 13.6. The van der Waals surface area contributed by atoms with Gasteiger partial charge >= 0.3 is 6.03 Å². The van der Waals surface area contributed by atoms with E-state index in [0.717, 1.165) is 0 Å². The van der Waals surface area contributed by atoms with E-state index in [4.69, 9.17) is 11.6 Å². The smallest absolute Gasteiger partial charge is 0.316 e. The maximum Gasteiger partial charge on any atom is 0.316 e. The third-order valence-electron chi connectivity index (χ3n) is 2.65. The Morgan fingerprint density at radius 1 is 1.43 bits per heavy atom. The Bertz CT molecular complexity index is 542. The molecule has 118 valence electrons. The molecule has 0 saturated carbocycles. The van der Waals surface area contributed by atoms with Crippen molar-refractivity contribution >= 4 is 23.3 Å². The topological polar surface area (TPSA) is 79.3 Å². The van der Waals surface area contributed by atoms with Gasteiger partial charge in [0.25, 0.3) is 5.56 Å². The molecule has 1 aromatic rings. The minimum atomic E-state index is -0.312. The van der Waals surface area contributed by atoms with Crippen LogP contribution < -0.4 is 16.2 Å². The van der Waals surface area contributed by atoms with Crippen molar-refractivity contribution in [3.63, 3.8) is 0 Å². The molecule has 1 heterocycles. The fraction of sp³-hybridized carbons (Fsp3) is 0.615. The monoisotopic (exact) mass is 315 g/mol. The first-order chi connectivity index (χ1) is 9.82. The molecule has 0 atom stereocenters. The molecule has 1 aromatic heterocycles. The molecule has 21 heavy (non-hydrogen) atoms. The molecule has 1 rings (SSSR count). The van der Waals surface area contributed by atoms with Crippen molar-refractivity contribution in [3.05, 3.63) is 21.6 Å². The molecule has 0 bridgehead atoms. The van der Waals surface area contributed by atoms with Crippen LogP contribution in [0.3, 0.4) is 0 Å². The molecule has 7 nitrogen and oxygen atoms in total. The van der Waals surface area contributed by atoms with Gasteiger partial charge in [-0.15, -0.1) is 0 Å². The molecule has 0 unspecified atom stereocenters. The zero-order chi connectivity index (χ0) is 16.0. The number of anilines is 1. The van der Waals surface area contributed by atoms with Gasteiger partial charge in [-0.1, -0.05) is 25.4 Å². The fourth-order valence-electron chi connectivity index (χ4n) is 1.59. The average Bonchev–Trinajstić information content (AvgIpc) is 2.41. The van der Waals surface area contributed by atoms with Crippen molar-refractivity contribution in [2.45, 2.75) is 20.4 Å². The van der Waals surface area contributed by atoms with Gasteiger partial charge in [-0.25, -0.2) is 9.48 Å². The third kappa shape index (κ3) is 5.26. The predicted octanol–water partition coefficient (Wildman–Crippen LogP) is 1.24. The Morgan fingerprint density at radius 2 is 2.10 bits per heavy atom. The van der Waals surface area contributed by atoms with Crippen molar-refractivity contribution in [1.29, 1.82) is 0 Å². The molecule has 0 saturated heterocycles. The van der Waals surface area contributed by atoms with Gasteiger partial charge in [0.2, 0.25) is 0 Å². The number of nitrogens with one attached hydrogen (secondary N) is 2. The predicted molar refractivity (Wildman–Crippen MR) is 83.9 cm³/mol. The summed E-state index contributed by atoms with van der Waals surface area (Å²) in [5.41, 5.74) is 0.161. The van der Waals surface area contributed by atoms with Gasteiger partial charge in [0, 0.05) is 33.7 Å². The van der Waals surface area contributed by atoms with E-state index in [2.05, 4.69) is 15.7 Å². The second kappa shape index (κ2) is 7.87. The lowest BCUT2D eigenvalue weighted by Crippen LogP contribution is -2.37. The van der Waals surface area contributed by atoms with Gasteiger partial charge in [-0.3, -0.25) is 4.79 Å². The number of halogens is 1. The van der Waals surface area contributed by atoms with Crippen molar-refractivity contribution in [2.24, 2.45) is 5.92 Å². The van der Waals surface area contributed by atoms with Crippen LogP contribution >= 0.6 is 11.6 Å². The Hall–Kier alpha value is -1.76. The van der Waals surface area contributed by atoms with E-state index in [0.29, 0.717) is 31.2 Å². The Morgan fingerprint density at radius 3 is 2.67 bits per heavy atom. The summed E-state index contributed by atoms with van der Waals surface area (Å²) in [6.07, 6.45) is 1.53. The lowest BCUT2D eigenvalue weighted by molar-refractivity contribution is 0.218. The second-order valence-corrected chi connectivity index (χ2v) is 5.68. The van der Waals surface area contributed by atoms with Crippen LogP contribution in [0.1, 0.15) is 13.8 Å². The highest BCUT2D eigenvalue weighted by atomic mass is 35.5. The van der Waals surface area contributed by atoms with E-state index in [1.54, 1.807) is 14.1 Å². The van der Waals surface area contributed by atoms with E-state index in [-0.39, 0.29) is 16.6 Å². The summed E-state index contributed by atoms with van der Waals surface area (Å²) in [4.78, 5) is 24.8. The first-order valence-electron chi connectivity index (χ1n) is 6.77. The van der Waals surface area contributed by atoms with Crippen molar-refractivity contribution in [3.8, 4) is 0 Å². The number of urea groups is 1. The normalized spacial score (nSPS) is 10.6. The zero-order valence-electron chi connectivity index (χ0n) is 12.8. The van der Waals surface area contributed by atoms with Crippen LogP contribution in [0, 0.1) is 5.92 Å². The Labute approximate surface area is 129 Å². The molecule has 8 heteroatoms. The Balaban J connectivity index is 2.59. The van der Waals surface area contributed by atoms with E-state index < -0.39 is 0 Å². The molecule has 0 aliphatic carbocycles. The van der Waals surface area contributed by atoms with Crippen molar-refractivity contribution in [1.82, 2.24) is 20.0 Å². The first-order valence-corrected chi connectivity index (χ1v) is 7.15. The van der Waals surface area contributed by atoms with Gasteiger partial charge in [-0.2, -0.15) is 5.10 Å². The van der Waals surface area contributed by atoms with Crippen LogP contribution in [0.2, 0.25) is 5.02 Å². The van der Waals surface area contributed by atoms with E-state index >= 15 is 0 Å². The average molecular weight is 316 g/mol. The van der Waals surface area contributed by atoms with Crippen LogP contribution in [0.4, 0.5) is 10.5 Å². The van der Waals surface area contributed by atoms with Crippen LogP contribution in [0.15, 0.2) is 11.0 Å². The maximum atomic E-state index is 12.0. The van der Waals surface area contributed by atoms with Gasteiger partial charge in [-0.05, 0) is 5.92 Å². The highest BCUT2D eigenvalue weighted by molar-refractivity contribution is 6.32. The maximum absolute atomic E-state index is 12.0. The van der Waals surface area contributed by atoms with Crippen LogP contribution in [-0.4, -0.2) is 47.9 Å². The SMILES string of the molecule is CC(C)Cn1ncc(NCCNC(=O)N(C)C)c(Cl)c1=O. The molecule has 2 N–H and O–H groups in total. The molecule has 2 amide bonds. The van der Waals surface area contributed by atoms with Crippen molar-refractivity contribution in [2.75, 3.05) is 32.5 Å². The number of amides is 2. The third-order valence-corrected chi connectivity index (χ3v) is 3.01. The number of aromatic nitrogens is 2. The fourth-order valence-corrected chi connectivity index (χ4v) is 1.80. The number of nitrogens with zero attached hydrogens (tertiary/aromatic N) is 3. The number of hydrogen-bond donors (Lipinski definition) is 2. The van der Waals surface area contributed by atoms with E-state index in [9.17, 15) is 9.59 Å². The quantitative estimate of drug-likeness (QED) is 0.774. The summed E-state index contributed by atoms with van der Waals surface area (Å²) in [7, 11) is 3.33. The van der Waals surface area contributed by atoms with Gasteiger partial charge in [0.1, 0.15) is 5.02 Å². The molecular weight excluding hydrogens is 294 g/mol. The number of carbonyl (C=O) groups is 1. The van der Waals surface area contributed by atoms with Crippen molar-refractivity contribution < 1.29 is 4.79 Å². The summed E-state index contributed by atoms with van der Waals surface area (Å²) >= 11 is 6.04.